The second-order valence-electron chi connectivity index (χ2n) is 10.3. The quantitative estimate of drug-likeness (QED) is 0.364. The molecular weight excluding hydrogens is 493 g/mol. The summed E-state index contributed by atoms with van der Waals surface area (Å²) >= 11 is 6.67. The molecule has 1 saturated heterocycles. The van der Waals surface area contributed by atoms with Crippen molar-refractivity contribution >= 4 is 34.4 Å². The first-order valence-corrected chi connectivity index (χ1v) is 12.4. The third kappa shape index (κ3) is 5.37. The van der Waals surface area contributed by atoms with Crippen LogP contribution >= 0.6 is 11.6 Å². The van der Waals surface area contributed by atoms with Gasteiger partial charge in [0.05, 0.1) is 22.1 Å². The van der Waals surface area contributed by atoms with Crippen LogP contribution in [0, 0.1) is 23.6 Å². The second-order valence-corrected chi connectivity index (χ2v) is 10.7. The van der Waals surface area contributed by atoms with Crippen LogP contribution in [-0.2, 0) is 11.3 Å². The molecule has 37 heavy (non-hydrogen) atoms. The number of rotatable bonds is 5. The molecule has 0 aliphatic carbocycles. The summed E-state index contributed by atoms with van der Waals surface area (Å²) in [6, 6.07) is 7.64. The van der Waals surface area contributed by atoms with Gasteiger partial charge in [-0.1, -0.05) is 51.1 Å². The van der Waals surface area contributed by atoms with Gasteiger partial charge in [0.15, 0.2) is 0 Å². The Labute approximate surface area is 220 Å². The van der Waals surface area contributed by atoms with Gasteiger partial charge in [-0.3, -0.25) is 9.36 Å². The van der Waals surface area contributed by atoms with E-state index in [0.717, 1.165) is 0 Å². The number of hydrogen-bond donors (Lipinski definition) is 0. The number of amides is 1. The monoisotopic (exact) mass is 521 g/mol. The lowest BCUT2D eigenvalue weighted by Gasteiger charge is -2.41. The summed E-state index contributed by atoms with van der Waals surface area (Å²) < 4.78 is 16.2. The van der Waals surface area contributed by atoms with Gasteiger partial charge >= 0.3 is 5.69 Å². The van der Waals surface area contributed by atoms with Crippen molar-refractivity contribution in [3.8, 4) is 23.6 Å². The molecule has 7 nitrogen and oxygen atoms in total. The van der Waals surface area contributed by atoms with Crippen molar-refractivity contribution in [2.24, 2.45) is 5.41 Å². The Kier molecular flexibility index (Phi) is 7.37. The Morgan fingerprint density at radius 2 is 2.03 bits per heavy atom. The van der Waals surface area contributed by atoms with Crippen LogP contribution in [0.3, 0.4) is 0 Å². The van der Waals surface area contributed by atoms with E-state index < -0.39 is 11.5 Å². The molecular formula is C28H29ClFN5O2. The van der Waals surface area contributed by atoms with Crippen LogP contribution in [0.4, 0.5) is 10.2 Å². The van der Waals surface area contributed by atoms with Gasteiger partial charge in [0.1, 0.15) is 17.3 Å². The van der Waals surface area contributed by atoms with Crippen LogP contribution in [0.15, 0.2) is 47.8 Å². The zero-order valence-corrected chi connectivity index (χ0v) is 21.9. The van der Waals surface area contributed by atoms with Gasteiger partial charge in [-0.15, -0.1) is 12.3 Å². The molecule has 1 aliphatic heterocycles. The fourth-order valence-electron chi connectivity index (χ4n) is 4.60. The van der Waals surface area contributed by atoms with E-state index in [2.05, 4.69) is 17.5 Å². The molecule has 1 aliphatic rings. The lowest BCUT2D eigenvalue weighted by molar-refractivity contribution is -0.126. The predicted molar refractivity (Wildman–Crippen MR) is 145 cm³/mol. The first-order chi connectivity index (χ1) is 17.5. The molecule has 1 aromatic carbocycles. The Morgan fingerprint density at radius 3 is 2.68 bits per heavy atom. The number of pyridine rings is 1. The van der Waals surface area contributed by atoms with Crippen LogP contribution in [0.5, 0.6) is 0 Å². The van der Waals surface area contributed by atoms with E-state index in [0.29, 0.717) is 49.5 Å². The molecule has 0 saturated carbocycles. The molecule has 1 amide bonds. The van der Waals surface area contributed by atoms with Crippen molar-refractivity contribution in [2.75, 3.05) is 24.5 Å². The van der Waals surface area contributed by atoms with Gasteiger partial charge < -0.3 is 9.80 Å². The number of piperazine rings is 1. The molecule has 0 radical (unpaired) electrons. The summed E-state index contributed by atoms with van der Waals surface area (Å²) in [6.45, 7) is 11.1. The maximum absolute atomic E-state index is 14.7. The van der Waals surface area contributed by atoms with E-state index in [1.165, 1.54) is 16.7 Å². The number of terminal acetylenes is 1. The largest absolute Gasteiger partial charge is 0.351 e. The minimum absolute atomic E-state index is 0.181. The molecule has 2 aromatic heterocycles. The average molecular weight is 522 g/mol. The van der Waals surface area contributed by atoms with Gasteiger partial charge in [0.25, 0.3) is 0 Å². The molecule has 192 valence electrons. The number of fused-ring (bicyclic) bond motifs is 1. The molecule has 1 unspecified atom stereocenters. The van der Waals surface area contributed by atoms with E-state index in [1.807, 2.05) is 25.7 Å². The summed E-state index contributed by atoms with van der Waals surface area (Å²) in [4.78, 5) is 38.5. The van der Waals surface area contributed by atoms with E-state index in [9.17, 15) is 14.0 Å². The van der Waals surface area contributed by atoms with Crippen LogP contribution in [-0.4, -0.2) is 51.0 Å². The van der Waals surface area contributed by atoms with Crippen LogP contribution in [0.1, 0.15) is 27.2 Å². The zero-order valence-electron chi connectivity index (χ0n) is 21.2. The fraction of sp³-hybridized carbons (Fsp3) is 0.357. The lowest BCUT2D eigenvalue weighted by Crippen LogP contribution is -2.55. The van der Waals surface area contributed by atoms with Crippen molar-refractivity contribution in [2.45, 2.75) is 39.8 Å². The highest BCUT2D eigenvalue weighted by Crippen LogP contribution is 2.35. The maximum atomic E-state index is 14.7. The molecule has 4 rings (SSSR count). The molecule has 0 bridgehead atoms. The molecule has 1 fully saturated rings. The molecule has 1 atom stereocenters. The van der Waals surface area contributed by atoms with Crippen molar-refractivity contribution in [3.63, 3.8) is 0 Å². The molecule has 0 spiro atoms. The third-order valence-corrected chi connectivity index (χ3v) is 6.53. The minimum atomic E-state index is -0.476. The number of anilines is 1. The van der Waals surface area contributed by atoms with Crippen molar-refractivity contribution < 1.29 is 9.18 Å². The Bertz CT molecular complexity index is 1470. The highest BCUT2D eigenvalue weighted by Gasteiger charge is 2.32. The number of carbonyl (C=O) groups excluding carboxylic acids is 1. The second kappa shape index (κ2) is 10.3. The number of aromatic nitrogens is 3. The summed E-state index contributed by atoms with van der Waals surface area (Å²) in [7, 11) is 0. The highest BCUT2D eigenvalue weighted by molar-refractivity contribution is 6.33. The van der Waals surface area contributed by atoms with E-state index in [1.54, 1.807) is 29.2 Å². The van der Waals surface area contributed by atoms with Gasteiger partial charge in [-0.2, -0.15) is 4.98 Å². The summed E-state index contributed by atoms with van der Waals surface area (Å²) in [5.41, 5.74) is 0.104. The number of halogens is 2. The van der Waals surface area contributed by atoms with E-state index in [4.69, 9.17) is 23.0 Å². The minimum Gasteiger partial charge on any atom is -0.348 e. The van der Waals surface area contributed by atoms with Crippen molar-refractivity contribution in [1.29, 1.82) is 0 Å². The molecule has 0 N–H and O–H groups in total. The van der Waals surface area contributed by atoms with Crippen LogP contribution < -0.4 is 10.6 Å². The zero-order chi connectivity index (χ0) is 26.9. The molecule has 9 heteroatoms. The third-order valence-electron chi connectivity index (χ3n) is 6.24. The van der Waals surface area contributed by atoms with Gasteiger partial charge in [0.2, 0.25) is 5.91 Å². The predicted octanol–water partition coefficient (Wildman–Crippen LogP) is 4.52. The molecule has 3 aromatic rings. The summed E-state index contributed by atoms with van der Waals surface area (Å²) in [6.07, 6.45) is 7.27. The Balaban J connectivity index is 1.95. The van der Waals surface area contributed by atoms with Gasteiger partial charge in [-0.05, 0) is 29.7 Å². The van der Waals surface area contributed by atoms with E-state index in [-0.39, 0.29) is 33.6 Å². The standard InChI is InChI=1S/C28H29ClFN5O2/c1-6-10-18-16-33(23(36)7-2)13-14-34(18)26-20-15-21(29)24(19-11-8-9-12-22(19)30)31-25(20)35(27(37)32-26)17-28(3,4)5/h1,7-9,11-12,15,18H,2,10,13-14,16-17H2,3-5H3. The van der Waals surface area contributed by atoms with Crippen LogP contribution in [0.2, 0.25) is 5.02 Å². The Morgan fingerprint density at radius 1 is 1.30 bits per heavy atom. The maximum Gasteiger partial charge on any atom is 0.351 e. The molecule has 3 heterocycles. The Hall–Kier alpha value is -3.70. The SMILES string of the molecule is C#CCC1CN(C(=O)C=C)CCN1c1nc(=O)n(CC(C)(C)C)c2nc(-c3ccccc3F)c(Cl)cc12. The van der Waals surface area contributed by atoms with Gasteiger partial charge in [-0.25, -0.2) is 14.2 Å². The van der Waals surface area contributed by atoms with Crippen LogP contribution in [0.25, 0.3) is 22.3 Å². The number of benzene rings is 1. The van der Waals surface area contributed by atoms with Crippen molar-refractivity contribution in [1.82, 2.24) is 19.4 Å². The van der Waals surface area contributed by atoms with E-state index >= 15 is 0 Å². The van der Waals surface area contributed by atoms with Crippen molar-refractivity contribution in [3.05, 3.63) is 64.3 Å². The fourth-order valence-corrected chi connectivity index (χ4v) is 4.86. The smallest absolute Gasteiger partial charge is 0.348 e. The first kappa shape index (κ1) is 26.4. The number of carbonyl (C=O) groups is 1. The average Bonchev–Trinajstić information content (AvgIpc) is 2.85. The lowest BCUT2D eigenvalue weighted by atomic mass is 9.97. The topological polar surface area (TPSA) is 71.3 Å². The highest BCUT2D eigenvalue weighted by atomic mass is 35.5. The normalized spacial score (nSPS) is 16.1. The first-order valence-electron chi connectivity index (χ1n) is 12.0. The summed E-state index contributed by atoms with van der Waals surface area (Å²) in [5.74, 6) is 2.42. The number of nitrogens with zero attached hydrogens (tertiary/aromatic N) is 5. The van der Waals surface area contributed by atoms with Gasteiger partial charge in [0, 0.05) is 38.2 Å². The summed E-state index contributed by atoms with van der Waals surface area (Å²) in [5, 5.41) is 0.787. The number of hydrogen-bond acceptors (Lipinski definition) is 5.